The summed E-state index contributed by atoms with van der Waals surface area (Å²) >= 11 is 0. The molecule has 3 nitrogen and oxygen atoms in total. The van der Waals surface area contributed by atoms with Gasteiger partial charge in [-0.2, -0.15) is 0 Å². The number of fused-ring (bicyclic) bond motifs is 3. The van der Waals surface area contributed by atoms with Crippen molar-refractivity contribution in [3.8, 4) is 44.8 Å². The normalized spacial score (nSPS) is 11.2. The number of para-hydroxylation sites is 1. The predicted molar refractivity (Wildman–Crippen MR) is 208 cm³/mol. The number of nitrogens with zero attached hydrogens (tertiary/aromatic N) is 2. The first-order chi connectivity index (χ1) is 24.8. The third-order valence-electron chi connectivity index (χ3n) is 9.33. The van der Waals surface area contributed by atoms with Crippen molar-refractivity contribution in [1.29, 1.82) is 0 Å². The largest absolute Gasteiger partial charge is 0.435 e. The second kappa shape index (κ2) is 12.7. The molecule has 0 amide bonds. The fraction of sp³-hybridized carbons (Fsp3) is 0. The van der Waals surface area contributed by atoms with Gasteiger partial charge in [-0.1, -0.05) is 146 Å². The van der Waals surface area contributed by atoms with Crippen LogP contribution in [0.1, 0.15) is 0 Å². The van der Waals surface area contributed by atoms with Crippen LogP contribution in [0.4, 0.5) is 17.1 Å². The van der Waals surface area contributed by atoms with Gasteiger partial charge < -0.3 is 9.32 Å². The zero-order valence-electron chi connectivity index (χ0n) is 27.3. The average Bonchev–Trinajstić information content (AvgIpc) is 3.65. The van der Waals surface area contributed by atoms with E-state index in [0.717, 1.165) is 55.6 Å². The summed E-state index contributed by atoms with van der Waals surface area (Å²) in [4.78, 5) is 7.15. The van der Waals surface area contributed by atoms with Crippen molar-refractivity contribution in [3.05, 3.63) is 194 Å². The zero-order valence-corrected chi connectivity index (χ0v) is 27.3. The summed E-state index contributed by atoms with van der Waals surface area (Å²) < 4.78 is 6.30. The Morgan fingerprint density at radius 2 is 0.880 bits per heavy atom. The van der Waals surface area contributed by atoms with Gasteiger partial charge >= 0.3 is 0 Å². The SMILES string of the molecule is c1ccc(-c2ccc(N(c3ccc(-c4ccc(-c5nc6ccc7ccccc7c6o5)cc4)cc3)c3ccccc3-c3ccccc3)cc2)cc1. The van der Waals surface area contributed by atoms with Crippen LogP contribution in [0.15, 0.2) is 199 Å². The Kier molecular flexibility index (Phi) is 7.49. The highest BCUT2D eigenvalue weighted by Crippen LogP contribution is 2.42. The maximum atomic E-state index is 6.30. The number of aromatic nitrogens is 1. The first-order valence-corrected chi connectivity index (χ1v) is 16.9. The van der Waals surface area contributed by atoms with E-state index in [2.05, 4.69) is 181 Å². The van der Waals surface area contributed by atoms with E-state index >= 15 is 0 Å². The number of hydrogen-bond acceptors (Lipinski definition) is 3. The summed E-state index contributed by atoms with van der Waals surface area (Å²) in [7, 11) is 0. The Morgan fingerprint density at radius 3 is 1.54 bits per heavy atom. The molecule has 0 fully saturated rings. The van der Waals surface area contributed by atoms with Crippen LogP contribution in [-0.4, -0.2) is 4.98 Å². The van der Waals surface area contributed by atoms with Crippen LogP contribution in [0.2, 0.25) is 0 Å². The molecule has 0 unspecified atom stereocenters. The molecule has 1 aromatic heterocycles. The molecule has 0 spiro atoms. The van der Waals surface area contributed by atoms with Crippen molar-refractivity contribution in [2.24, 2.45) is 0 Å². The van der Waals surface area contributed by atoms with Gasteiger partial charge in [0.15, 0.2) is 5.58 Å². The lowest BCUT2D eigenvalue weighted by Crippen LogP contribution is -2.11. The van der Waals surface area contributed by atoms with Crippen molar-refractivity contribution in [3.63, 3.8) is 0 Å². The molecular formula is C47H32N2O. The molecule has 0 aliphatic rings. The second-order valence-electron chi connectivity index (χ2n) is 12.4. The first-order valence-electron chi connectivity index (χ1n) is 16.9. The average molecular weight is 641 g/mol. The molecule has 0 saturated carbocycles. The van der Waals surface area contributed by atoms with E-state index in [1.807, 2.05) is 18.2 Å². The molecule has 1 heterocycles. The van der Waals surface area contributed by atoms with E-state index in [1.165, 1.54) is 22.3 Å². The number of hydrogen-bond donors (Lipinski definition) is 0. The van der Waals surface area contributed by atoms with Crippen molar-refractivity contribution in [2.45, 2.75) is 0 Å². The summed E-state index contributed by atoms with van der Waals surface area (Å²) in [6.45, 7) is 0. The smallest absolute Gasteiger partial charge is 0.227 e. The molecule has 9 aromatic rings. The van der Waals surface area contributed by atoms with Crippen LogP contribution in [-0.2, 0) is 0 Å². The summed E-state index contributed by atoms with van der Waals surface area (Å²) in [5.74, 6) is 0.629. The Bertz CT molecular complexity index is 2550. The van der Waals surface area contributed by atoms with Crippen LogP contribution < -0.4 is 4.90 Å². The molecule has 236 valence electrons. The van der Waals surface area contributed by atoms with Gasteiger partial charge in [-0.05, 0) is 81.7 Å². The van der Waals surface area contributed by atoms with E-state index in [1.54, 1.807) is 0 Å². The number of rotatable bonds is 7. The molecular weight excluding hydrogens is 609 g/mol. The number of anilines is 3. The van der Waals surface area contributed by atoms with E-state index in [0.29, 0.717) is 5.89 Å². The highest BCUT2D eigenvalue weighted by molar-refractivity contribution is 6.03. The minimum absolute atomic E-state index is 0.629. The summed E-state index contributed by atoms with van der Waals surface area (Å²) in [5.41, 5.74) is 13.0. The molecule has 0 aliphatic carbocycles. The highest BCUT2D eigenvalue weighted by Gasteiger charge is 2.18. The summed E-state index contributed by atoms with van der Waals surface area (Å²) in [6, 6.07) is 68.2. The van der Waals surface area contributed by atoms with Crippen LogP contribution in [0.5, 0.6) is 0 Å². The standard InChI is InChI=1S/C47H32N2O/c1-3-11-33(12-4-1)35-23-28-40(29-24-35)49(45-18-10-9-16-42(45)37-13-5-2-6-14-37)41-30-25-36(26-31-41)34-19-21-39(22-20-34)47-48-44-32-27-38-15-7-8-17-43(38)46(44)50-47/h1-32H. The minimum Gasteiger partial charge on any atom is -0.435 e. The Morgan fingerprint density at radius 1 is 0.380 bits per heavy atom. The van der Waals surface area contributed by atoms with E-state index in [-0.39, 0.29) is 0 Å². The van der Waals surface area contributed by atoms with Crippen LogP contribution >= 0.6 is 0 Å². The zero-order chi connectivity index (χ0) is 33.3. The van der Waals surface area contributed by atoms with E-state index < -0.39 is 0 Å². The third kappa shape index (κ3) is 5.51. The Balaban J connectivity index is 1.06. The first kappa shape index (κ1) is 29.4. The molecule has 8 aromatic carbocycles. The van der Waals surface area contributed by atoms with Crippen molar-refractivity contribution >= 4 is 38.9 Å². The Labute approximate surface area is 291 Å². The van der Waals surface area contributed by atoms with Gasteiger partial charge in [0.25, 0.3) is 0 Å². The fourth-order valence-corrected chi connectivity index (χ4v) is 6.78. The molecule has 0 radical (unpaired) electrons. The van der Waals surface area contributed by atoms with E-state index in [9.17, 15) is 0 Å². The van der Waals surface area contributed by atoms with Crippen molar-refractivity contribution < 1.29 is 4.42 Å². The lowest BCUT2D eigenvalue weighted by Gasteiger charge is -2.28. The molecule has 50 heavy (non-hydrogen) atoms. The molecule has 0 N–H and O–H groups in total. The van der Waals surface area contributed by atoms with Crippen molar-refractivity contribution in [2.75, 3.05) is 4.90 Å². The van der Waals surface area contributed by atoms with Gasteiger partial charge in [0.1, 0.15) is 5.52 Å². The van der Waals surface area contributed by atoms with Gasteiger partial charge in [0, 0.05) is 27.9 Å². The lowest BCUT2D eigenvalue weighted by atomic mass is 10.00. The second-order valence-corrected chi connectivity index (χ2v) is 12.4. The molecule has 0 aliphatic heterocycles. The maximum Gasteiger partial charge on any atom is 0.227 e. The van der Waals surface area contributed by atoms with Crippen LogP contribution in [0.25, 0.3) is 66.7 Å². The van der Waals surface area contributed by atoms with Gasteiger partial charge in [-0.15, -0.1) is 0 Å². The number of benzene rings is 8. The predicted octanol–water partition coefficient (Wildman–Crippen LogP) is 13.1. The van der Waals surface area contributed by atoms with Gasteiger partial charge in [0.05, 0.1) is 5.69 Å². The van der Waals surface area contributed by atoms with Gasteiger partial charge in [-0.25, -0.2) is 4.98 Å². The summed E-state index contributed by atoms with van der Waals surface area (Å²) in [6.07, 6.45) is 0. The third-order valence-corrected chi connectivity index (χ3v) is 9.33. The van der Waals surface area contributed by atoms with Gasteiger partial charge in [0.2, 0.25) is 5.89 Å². The van der Waals surface area contributed by atoms with Crippen LogP contribution in [0.3, 0.4) is 0 Å². The lowest BCUT2D eigenvalue weighted by molar-refractivity contribution is 0.623. The molecule has 3 heteroatoms. The van der Waals surface area contributed by atoms with Gasteiger partial charge in [-0.3, -0.25) is 0 Å². The Hall–Kier alpha value is -6.71. The molecule has 0 atom stereocenters. The fourth-order valence-electron chi connectivity index (χ4n) is 6.78. The molecule has 0 bridgehead atoms. The van der Waals surface area contributed by atoms with E-state index in [4.69, 9.17) is 9.40 Å². The molecule has 0 saturated heterocycles. The topological polar surface area (TPSA) is 29.3 Å². The minimum atomic E-state index is 0.629. The summed E-state index contributed by atoms with van der Waals surface area (Å²) in [5, 5.41) is 2.22. The maximum absolute atomic E-state index is 6.30. The van der Waals surface area contributed by atoms with Crippen molar-refractivity contribution in [1.82, 2.24) is 4.98 Å². The molecule has 9 rings (SSSR count). The highest BCUT2D eigenvalue weighted by atomic mass is 16.3. The van der Waals surface area contributed by atoms with Crippen LogP contribution in [0, 0.1) is 0 Å². The number of oxazole rings is 1. The monoisotopic (exact) mass is 640 g/mol. The quantitative estimate of drug-likeness (QED) is 0.174.